The van der Waals surface area contributed by atoms with E-state index in [9.17, 15) is 9.18 Å². The lowest BCUT2D eigenvalue weighted by Crippen LogP contribution is -2.42. The minimum Gasteiger partial charge on any atom is -0.345 e. The topological polar surface area (TPSA) is 25.2 Å². The van der Waals surface area contributed by atoms with Gasteiger partial charge in [-0.25, -0.2) is 4.39 Å². The van der Waals surface area contributed by atoms with Crippen molar-refractivity contribution in [1.29, 1.82) is 0 Å². The molecule has 0 bridgehead atoms. The zero-order valence-corrected chi connectivity index (χ0v) is 17.3. The van der Waals surface area contributed by atoms with Gasteiger partial charge in [-0.3, -0.25) is 4.79 Å². The number of amides is 1. The van der Waals surface area contributed by atoms with E-state index < -0.39 is 0 Å². The van der Waals surface area contributed by atoms with E-state index in [1.54, 1.807) is 0 Å². The zero-order valence-electron chi connectivity index (χ0n) is 17.3. The standard InChI is InChI=1S/C26H29FN2O/c27-23-15-13-22(14-16-23)19-28-17-7-12-25(28)20-29(24-10-5-2-6-11-24)26(30)18-21-8-3-1-4-9-21/h1,3-4,7-9,12-17,24H,2,5-6,10-11,18-20H2. The van der Waals surface area contributed by atoms with Crippen LogP contribution in [0, 0.1) is 5.82 Å². The van der Waals surface area contributed by atoms with Crippen LogP contribution in [0.1, 0.15) is 48.9 Å². The van der Waals surface area contributed by atoms with Crippen LogP contribution in [0.5, 0.6) is 0 Å². The van der Waals surface area contributed by atoms with E-state index in [2.05, 4.69) is 15.5 Å². The maximum Gasteiger partial charge on any atom is 0.227 e. The molecule has 4 rings (SSSR count). The molecule has 1 heterocycles. The van der Waals surface area contributed by atoms with E-state index in [-0.39, 0.29) is 11.7 Å². The molecule has 1 aliphatic rings. The predicted molar refractivity (Wildman–Crippen MR) is 118 cm³/mol. The molecular formula is C26H29FN2O. The Balaban J connectivity index is 1.52. The molecule has 30 heavy (non-hydrogen) atoms. The van der Waals surface area contributed by atoms with Crippen LogP contribution < -0.4 is 0 Å². The lowest BCUT2D eigenvalue weighted by atomic mass is 9.93. The summed E-state index contributed by atoms with van der Waals surface area (Å²) in [5.41, 5.74) is 3.23. The second kappa shape index (κ2) is 9.75. The molecular weight excluding hydrogens is 375 g/mol. The number of carbonyl (C=O) groups excluding carboxylic acids is 1. The molecule has 0 radical (unpaired) electrons. The van der Waals surface area contributed by atoms with Gasteiger partial charge in [0.1, 0.15) is 5.82 Å². The van der Waals surface area contributed by atoms with Crippen molar-refractivity contribution < 1.29 is 9.18 Å². The Morgan fingerprint density at radius 1 is 0.900 bits per heavy atom. The Labute approximate surface area is 178 Å². The molecule has 0 saturated heterocycles. The Bertz CT molecular complexity index is 943. The lowest BCUT2D eigenvalue weighted by molar-refractivity contribution is -0.134. The Morgan fingerprint density at radius 3 is 2.37 bits per heavy atom. The molecule has 4 heteroatoms. The molecule has 0 N–H and O–H groups in total. The van der Waals surface area contributed by atoms with Gasteiger partial charge < -0.3 is 9.47 Å². The van der Waals surface area contributed by atoms with Crippen LogP contribution in [0.2, 0.25) is 0 Å². The molecule has 1 amide bonds. The van der Waals surface area contributed by atoms with Crippen molar-refractivity contribution in [2.45, 2.75) is 57.7 Å². The molecule has 1 aliphatic carbocycles. The number of hydrogen-bond donors (Lipinski definition) is 0. The van der Waals surface area contributed by atoms with Crippen molar-refractivity contribution >= 4 is 5.91 Å². The first kappa shape index (κ1) is 20.4. The second-order valence-corrected chi connectivity index (χ2v) is 8.23. The summed E-state index contributed by atoms with van der Waals surface area (Å²) in [5, 5.41) is 0. The summed E-state index contributed by atoms with van der Waals surface area (Å²) >= 11 is 0. The number of nitrogens with zero attached hydrogens (tertiary/aromatic N) is 2. The minimum absolute atomic E-state index is 0.197. The first-order chi connectivity index (χ1) is 14.7. The number of aromatic nitrogens is 1. The Hall–Kier alpha value is -2.88. The summed E-state index contributed by atoms with van der Waals surface area (Å²) in [4.78, 5) is 15.4. The molecule has 2 aromatic carbocycles. The van der Waals surface area contributed by atoms with Crippen molar-refractivity contribution in [3.63, 3.8) is 0 Å². The van der Waals surface area contributed by atoms with Gasteiger partial charge in [-0.2, -0.15) is 0 Å². The van der Waals surface area contributed by atoms with Crippen LogP contribution >= 0.6 is 0 Å². The minimum atomic E-state index is -0.221. The summed E-state index contributed by atoms with van der Waals surface area (Å²) in [6.07, 6.45) is 8.29. The molecule has 1 fully saturated rings. The number of carbonyl (C=O) groups is 1. The van der Waals surface area contributed by atoms with Crippen LogP contribution in [0.4, 0.5) is 4.39 Å². The van der Waals surface area contributed by atoms with Crippen molar-refractivity contribution in [2.24, 2.45) is 0 Å². The number of hydrogen-bond acceptors (Lipinski definition) is 1. The van der Waals surface area contributed by atoms with Crippen LogP contribution in [0.3, 0.4) is 0 Å². The SMILES string of the molecule is O=C(Cc1ccccc1)N(Cc1cccn1Cc1ccc(F)cc1)C1CCCCC1. The maximum absolute atomic E-state index is 13.3. The third-order valence-electron chi connectivity index (χ3n) is 6.06. The normalized spacial score (nSPS) is 14.6. The van der Waals surface area contributed by atoms with Crippen molar-refractivity contribution in [3.8, 4) is 0 Å². The number of halogens is 1. The smallest absolute Gasteiger partial charge is 0.227 e. The molecule has 3 nitrogen and oxygen atoms in total. The largest absolute Gasteiger partial charge is 0.345 e. The van der Waals surface area contributed by atoms with E-state index >= 15 is 0 Å². The fourth-order valence-electron chi connectivity index (χ4n) is 4.39. The molecule has 0 spiro atoms. The van der Waals surface area contributed by atoms with E-state index in [4.69, 9.17) is 0 Å². The Kier molecular flexibility index (Phi) is 6.63. The third-order valence-corrected chi connectivity index (χ3v) is 6.06. The predicted octanol–water partition coefficient (Wildman–Crippen LogP) is 5.58. The highest BCUT2D eigenvalue weighted by molar-refractivity contribution is 5.79. The van der Waals surface area contributed by atoms with Gasteiger partial charge in [-0.05, 0) is 48.2 Å². The summed E-state index contributed by atoms with van der Waals surface area (Å²) in [7, 11) is 0. The summed E-state index contributed by atoms with van der Waals surface area (Å²) in [6, 6.07) is 21.1. The molecule has 0 aliphatic heterocycles. The van der Waals surface area contributed by atoms with Gasteiger partial charge in [0.05, 0.1) is 13.0 Å². The zero-order chi connectivity index (χ0) is 20.8. The molecule has 1 saturated carbocycles. The third kappa shape index (κ3) is 5.18. The molecule has 156 valence electrons. The van der Waals surface area contributed by atoms with Gasteiger partial charge in [-0.1, -0.05) is 61.7 Å². The van der Waals surface area contributed by atoms with Gasteiger partial charge in [0.2, 0.25) is 5.91 Å². The van der Waals surface area contributed by atoms with Crippen LogP contribution in [-0.4, -0.2) is 21.4 Å². The van der Waals surface area contributed by atoms with E-state index in [1.807, 2.05) is 54.7 Å². The van der Waals surface area contributed by atoms with Gasteiger partial charge >= 0.3 is 0 Å². The molecule has 0 unspecified atom stereocenters. The van der Waals surface area contributed by atoms with E-state index in [0.717, 1.165) is 29.7 Å². The Morgan fingerprint density at radius 2 is 1.63 bits per heavy atom. The molecule has 0 atom stereocenters. The monoisotopic (exact) mass is 404 g/mol. The van der Waals surface area contributed by atoms with Gasteiger partial charge in [-0.15, -0.1) is 0 Å². The van der Waals surface area contributed by atoms with Crippen LogP contribution in [0.15, 0.2) is 72.9 Å². The average Bonchev–Trinajstić information content (AvgIpc) is 3.21. The van der Waals surface area contributed by atoms with Crippen LogP contribution in [-0.2, 0) is 24.3 Å². The average molecular weight is 405 g/mol. The van der Waals surface area contributed by atoms with Gasteiger partial charge in [0, 0.05) is 24.5 Å². The fourth-order valence-corrected chi connectivity index (χ4v) is 4.39. The van der Waals surface area contributed by atoms with Gasteiger partial charge in [0.15, 0.2) is 0 Å². The van der Waals surface area contributed by atoms with Gasteiger partial charge in [0.25, 0.3) is 0 Å². The first-order valence-electron chi connectivity index (χ1n) is 10.9. The highest BCUT2D eigenvalue weighted by Gasteiger charge is 2.26. The molecule has 3 aromatic rings. The number of rotatable bonds is 7. The first-order valence-corrected chi connectivity index (χ1v) is 10.9. The fraction of sp³-hybridized carbons (Fsp3) is 0.346. The van der Waals surface area contributed by atoms with Crippen molar-refractivity contribution in [2.75, 3.05) is 0 Å². The summed E-state index contributed by atoms with van der Waals surface area (Å²) in [6.45, 7) is 1.29. The summed E-state index contributed by atoms with van der Waals surface area (Å²) in [5.74, 6) is -0.0240. The lowest BCUT2D eigenvalue weighted by Gasteiger charge is -2.35. The summed E-state index contributed by atoms with van der Waals surface area (Å²) < 4.78 is 15.4. The quantitative estimate of drug-likeness (QED) is 0.505. The maximum atomic E-state index is 13.3. The highest BCUT2D eigenvalue weighted by atomic mass is 19.1. The van der Waals surface area contributed by atoms with E-state index in [0.29, 0.717) is 25.6 Å². The van der Waals surface area contributed by atoms with E-state index in [1.165, 1.54) is 31.4 Å². The highest BCUT2D eigenvalue weighted by Crippen LogP contribution is 2.25. The molecule has 1 aromatic heterocycles. The van der Waals surface area contributed by atoms with Crippen molar-refractivity contribution in [3.05, 3.63) is 95.6 Å². The van der Waals surface area contributed by atoms with Crippen molar-refractivity contribution in [1.82, 2.24) is 9.47 Å². The van der Waals surface area contributed by atoms with Crippen LogP contribution in [0.25, 0.3) is 0 Å². The second-order valence-electron chi connectivity index (χ2n) is 8.23. The number of benzene rings is 2.